The van der Waals surface area contributed by atoms with Crippen LogP contribution in [-0.2, 0) is 0 Å². The molecule has 2 aromatic carbocycles. The number of rotatable bonds is 7. The Balaban J connectivity index is 2.31. The second kappa shape index (κ2) is 9.09. The van der Waals surface area contributed by atoms with Crippen LogP contribution in [0, 0.1) is 20.2 Å². The minimum Gasteiger partial charge on any atom is -0.486 e. The Morgan fingerprint density at radius 3 is 2.19 bits per heavy atom. The first kappa shape index (κ1) is 21.0. The Bertz CT molecular complexity index is 908. The quantitative estimate of drug-likeness (QED) is 0.359. The summed E-state index contributed by atoms with van der Waals surface area (Å²) >= 11 is 23.1. The number of ether oxygens (including phenoxy) is 2. The number of nitro groups is 2. The van der Waals surface area contributed by atoms with Gasteiger partial charge in [-0.1, -0.05) is 46.4 Å². The van der Waals surface area contributed by atoms with E-state index < -0.39 is 21.2 Å². The molecule has 8 nitrogen and oxygen atoms in total. The van der Waals surface area contributed by atoms with Crippen LogP contribution < -0.4 is 9.47 Å². The van der Waals surface area contributed by atoms with Gasteiger partial charge in [0.1, 0.15) is 16.8 Å². The molecular weight excluding hydrogens is 446 g/mol. The summed E-state index contributed by atoms with van der Waals surface area (Å²) < 4.78 is 10.8. The average Bonchev–Trinajstić information content (AvgIpc) is 2.57. The topological polar surface area (TPSA) is 105 Å². The van der Waals surface area contributed by atoms with Crippen LogP contribution in [-0.4, -0.2) is 16.5 Å². The number of hydrogen-bond donors (Lipinski definition) is 0. The Morgan fingerprint density at radius 1 is 1.04 bits per heavy atom. The molecule has 0 unspecified atom stereocenters. The zero-order valence-electron chi connectivity index (χ0n) is 13.0. The third kappa shape index (κ3) is 5.61. The van der Waals surface area contributed by atoms with Crippen LogP contribution in [0.1, 0.15) is 0 Å². The van der Waals surface area contributed by atoms with Gasteiger partial charge in [0, 0.05) is 18.2 Å². The number of nitro benzene ring substituents is 2. The molecule has 0 spiro atoms. The van der Waals surface area contributed by atoms with E-state index in [1.165, 1.54) is 18.2 Å². The highest BCUT2D eigenvalue weighted by molar-refractivity contribution is 6.55. The molecule has 0 amide bonds. The van der Waals surface area contributed by atoms with Crippen LogP contribution in [0.3, 0.4) is 0 Å². The smallest absolute Gasteiger partial charge is 0.318 e. The van der Waals surface area contributed by atoms with Crippen LogP contribution >= 0.6 is 46.4 Å². The van der Waals surface area contributed by atoms with Crippen LogP contribution in [0.15, 0.2) is 40.9 Å². The Morgan fingerprint density at radius 2 is 1.67 bits per heavy atom. The van der Waals surface area contributed by atoms with Crippen molar-refractivity contribution in [1.82, 2.24) is 0 Å². The van der Waals surface area contributed by atoms with Crippen molar-refractivity contribution in [3.05, 3.63) is 71.2 Å². The van der Waals surface area contributed by atoms with Gasteiger partial charge in [-0.05, 0) is 12.1 Å². The molecule has 0 saturated heterocycles. The summed E-state index contributed by atoms with van der Waals surface area (Å²) in [5.41, 5.74) is -1.03. The van der Waals surface area contributed by atoms with E-state index in [2.05, 4.69) is 0 Å². The maximum atomic E-state index is 11.2. The molecule has 2 rings (SSSR count). The van der Waals surface area contributed by atoms with E-state index in [-0.39, 0.29) is 38.4 Å². The summed E-state index contributed by atoms with van der Waals surface area (Å²) in [4.78, 5) is 20.4. The van der Waals surface area contributed by atoms with Gasteiger partial charge in [0.25, 0.3) is 5.69 Å². The van der Waals surface area contributed by atoms with E-state index >= 15 is 0 Å². The Kier molecular flexibility index (Phi) is 7.09. The highest BCUT2D eigenvalue weighted by Crippen LogP contribution is 2.40. The molecule has 27 heavy (non-hydrogen) atoms. The van der Waals surface area contributed by atoms with Gasteiger partial charge in [-0.3, -0.25) is 20.2 Å². The summed E-state index contributed by atoms with van der Waals surface area (Å²) in [7, 11) is 0. The minimum atomic E-state index is -0.800. The zero-order chi connectivity index (χ0) is 20.1. The molecule has 0 aromatic heterocycles. The molecule has 0 saturated carbocycles. The molecule has 0 aliphatic heterocycles. The highest BCUT2D eigenvalue weighted by atomic mass is 35.5. The maximum Gasteiger partial charge on any atom is 0.318 e. The maximum absolute atomic E-state index is 11.2. The van der Waals surface area contributed by atoms with Crippen LogP contribution in [0.5, 0.6) is 17.2 Å². The molecule has 0 heterocycles. The molecule has 0 radical (unpaired) electrons. The first-order valence-corrected chi connectivity index (χ1v) is 8.44. The summed E-state index contributed by atoms with van der Waals surface area (Å²) in [5.74, 6) is -0.0156. The molecule has 0 fully saturated rings. The fourth-order valence-corrected chi connectivity index (χ4v) is 2.60. The van der Waals surface area contributed by atoms with E-state index in [9.17, 15) is 20.2 Å². The van der Waals surface area contributed by atoms with Gasteiger partial charge in [-0.2, -0.15) is 0 Å². The average molecular weight is 454 g/mol. The molecule has 142 valence electrons. The van der Waals surface area contributed by atoms with Crippen LogP contribution in [0.2, 0.25) is 10.0 Å². The third-order valence-corrected chi connectivity index (χ3v) is 3.89. The zero-order valence-corrected chi connectivity index (χ0v) is 16.1. The van der Waals surface area contributed by atoms with Crippen molar-refractivity contribution in [2.45, 2.75) is 0 Å². The van der Waals surface area contributed by atoms with Gasteiger partial charge in [-0.25, -0.2) is 0 Å². The van der Waals surface area contributed by atoms with Crippen molar-refractivity contribution in [3.63, 3.8) is 0 Å². The predicted molar refractivity (Wildman–Crippen MR) is 102 cm³/mol. The highest BCUT2D eigenvalue weighted by Gasteiger charge is 2.22. The van der Waals surface area contributed by atoms with Gasteiger partial charge in [-0.15, -0.1) is 0 Å². The number of halogens is 4. The summed E-state index contributed by atoms with van der Waals surface area (Å²) in [5, 5.41) is 22.1. The molecule has 12 heteroatoms. The first-order valence-electron chi connectivity index (χ1n) is 6.92. The summed E-state index contributed by atoms with van der Waals surface area (Å²) in [6.45, 7) is 0.00972. The van der Waals surface area contributed by atoms with E-state index in [0.29, 0.717) is 0 Å². The van der Waals surface area contributed by atoms with E-state index in [1.807, 2.05) is 0 Å². The summed E-state index contributed by atoms with van der Waals surface area (Å²) in [6, 6.07) is 5.61. The van der Waals surface area contributed by atoms with Gasteiger partial charge in [0.15, 0.2) is 5.75 Å². The van der Waals surface area contributed by atoms with Crippen molar-refractivity contribution in [1.29, 1.82) is 0 Å². The normalized spacial score (nSPS) is 10.2. The Labute approximate surface area is 172 Å². The molecular formula is C15H8Cl4N2O6. The Hall–Kier alpha value is -2.26. The van der Waals surface area contributed by atoms with E-state index in [0.717, 1.165) is 18.2 Å². The van der Waals surface area contributed by atoms with Crippen molar-refractivity contribution < 1.29 is 19.3 Å². The number of benzene rings is 2. The lowest BCUT2D eigenvalue weighted by atomic mass is 10.2. The molecule has 0 N–H and O–H groups in total. The van der Waals surface area contributed by atoms with Gasteiger partial charge in [0.05, 0.1) is 26.0 Å². The van der Waals surface area contributed by atoms with Gasteiger partial charge in [0.2, 0.25) is 5.75 Å². The van der Waals surface area contributed by atoms with Crippen molar-refractivity contribution in [2.24, 2.45) is 0 Å². The van der Waals surface area contributed by atoms with Crippen molar-refractivity contribution in [2.75, 3.05) is 6.61 Å². The number of nitrogens with zero attached hydrogens (tertiary/aromatic N) is 2. The van der Waals surface area contributed by atoms with Crippen molar-refractivity contribution >= 4 is 57.8 Å². The molecule has 2 aromatic rings. The fraction of sp³-hybridized carbons (Fsp3) is 0.0667. The van der Waals surface area contributed by atoms with Crippen LogP contribution in [0.4, 0.5) is 11.4 Å². The lowest BCUT2D eigenvalue weighted by Crippen LogP contribution is -1.98. The molecule has 0 bridgehead atoms. The number of non-ortho nitro benzene ring substituents is 1. The van der Waals surface area contributed by atoms with E-state index in [1.54, 1.807) is 0 Å². The summed E-state index contributed by atoms with van der Waals surface area (Å²) in [6.07, 6.45) is 1.38. The second-order valence-electron chi connectivity index (χ2n) is 4.79. The standard InChI is InChI=1S/C15H8Cl4N2O6/c16-10-6-9(7-11(17)15(10)26-4-3-14(18)19)27-13-2-1-8(20(22)23)5-12(13)21(24)25/h1-3,5-7H,4H2. The van der Waals surface area contributed by atoms with Gasteiger partial charge < -0.3 is 9.47 Å². The molecule has 0 atom stereocenters. The van der Waals surface area contributed by atoms with Crippen LogP contribution in [0.25, 0.3) is 0 Å². The first-order chi connectivity index (χ1) is 12.7. The minimum absolute atomic E-state index is 0.00711. The predicted octanol–water partition coefficient (Wildman–Crippen LogP) is 6.30. The monoisotopic (exact) mass is 452 g/mol. The number of hydrogen-bond acceptors (Lipinski definition) is 6. The fourth-order valence-electron chi connectivity index (χ4n) is 1.90. The lowest BCUT2D eigenvalue weighted by molar-refractivity contribution is -0.394. The third-order valence-electron chi connectivity index (χ3n) is 3.01. The van der Waals surface area contributed by atoms with Crippen molar-refractivity contribution in [3.8, 4) is 17.2 Å². The second-order valence-corrected chi connectivity index (χ2v) is 6.61. The van der Waals surface area contributed by atoms with E-state index in [4.69, 9.17) is 55.9 Å². The molecule has 0 aliphatic carbocycles. The SMILES string of the molecule is O=[N+]([O-])c1ccc(Oc2cc(Cl)c(OCC=C(Cl)Cl)c(Cl)c2)c([N+](=O)[O-])c1. The van der Waals surface area contributed by atoms with Gasteiger partial charge >= 0.3 is 5.69 Å². The lowest BCUT2D eigenvalue weighted by Gasteiger charge is -2.11. The molecule has 0 aliphatic rings. The largest absolute Gasteiger partial charge is 0.486 e.